The largest absolute Gasteiger partial charge is 0.0879 e. The van der Waals surface area contributed by atoms with E-state index in [4.69, 9.17) is 0 Å². The van der Waals surface area contributed by atoms with E-state index >= 15 is 0 Å². The molecule has 0 aromatic rings. The van der Waals surface area contributed by atoms with Crippen molar-refractivity contribution in [2.45, 2.75) is 79.1 Å². The molecule has 0 bridgehead atoms. The fraction of sp³-hybridized carbons (Fsp3) is 0.667. The number of hydrogen-bond acceptors (Lipinski definition) is 0. The maximum Gasteiger partial charge on any atom is 0.00207 e. The lowest BCUT2D eigenvalue weighted by atomic mass is 9.74. The molecule has 3 atom stereocenters. The fourth-order valence-corrected chi connectivity index (χ4v) is 3.71. The van der Waals surface area contributed by atoms with Crippen molar-refractivity contribution in [2.24, 2.45) is 23.7 Å². The van der Waals surface area contributed by atoms with Crippen molar-refractivity contribution in [3.05, 3.63) is 47.6 Å². The van der Waals surface area contributed by atoms with Crippen molar-refractivity contribution in [3.8, 4) is 0 Å². The smallest absolute Gasteiger partial charge is 0.00207 e. The third-order valence-electron chi connectivity index (χ3n) is 5.89. The molecule has 0 saturated heterocycles. The van der Waals surface area contributed by atoms with Gasteiger partial charge in [-0.2, -0.15) is 0 Å². The molecule has 2 aliphatic rings. The van der Waals surface area contributed by atoms with Gasteiger partial charge in [-0.3, -0.25) is 0 Å². The van der Waals surface area contributed by atoms with Gasteiger partial charge in [0.2, 0.25) is 0 Å². The highest BCUT2D eigenvalue weighted by Gasteiger charge is 2.25. The van der Waals surface area contributed by atoms with Crippen LogP contribution in [0.15, 0.2) is 47.6 Å². The van der Waals surface area contributed by atoms with Crippen LogP contribution in [0.4, 0.5) is 0 Å². The first-order valence-corrected chi connectivity index (χ1v) is 10.4. The minimum atomic E-state index is 0.659. The first-order chi connectivity index (χ1) is 11.6. The third kappa shape index (κ3) is 5.80. The van der Waals surface area contributed by atoms with Gasteiger partial charge in [0.05, 0.1) is 0 Å². The van der Waals surface area contributed by atoms with Crippen LogP contribution in [0.3, 0.4) is 0 Å². The molecule has 3 unspecified atom stereocenters. The van der Waals surface area contributed by atoms with E-state index in [1.165, 1.54) is 56.9 Å². The maximum atomic E-state index is 2.49. The van der Waals surface area contributed by atoms with Crippen LogP contribution >= 0.6 is 0 Å². The van der Waals surface area contributed by atoms with Gasteiger partial charge in [-0.15, -0.1) is 0 Å². The second-order valence-corrected chi connectivity index (χ2v) is 8.19. The monoisotopic (exact) mass is 326 g/mol. The molecule has 134 valence electrons. The van der Waals surface area contributed by atoms with Crippen LogP contribution in [0.5, 0.6) is 0 Å². The SMILES string of the molecule is CCC(C)CCCCCC=CC1CC=C1C1C=CC(C(C)C)=CC1. The lowest BCUT2D eigenvalue weighted by Gasteiger charge is -2.31. The van der Waals surface area contributed by atoms with Gasteiger partial charge in [0.1, 0.15) is 0 Å². The van der Waals surface area contributed by atoms with E-state index in [0.717, 1.165) is 5.92 Å². The second kappa shape index (κ2) is 10.1. The van der Waals surface area contributed by atoms with Gasteiger partial charge in [-0.25, -0.2) is 0 Å². The standard InChI is InChI=1S/C24H38/c1-5-20(4)11-9-7-6-8-10-12-22-17-18-24(22)23-15-13-21(14-16-23)19(2)3/h10,12-15,18-20,22-23H,5-9,11,16-17H2,1-4H3. The minimum absolute atomic E-state index is 0.659. The van der Waals surface area contributed by atoms with Gasteiger partial charge in [0.25, 0.3) is 0 Å². The van der Waals surface area contributed by atoms with Gasteiger partial charge >= 0.3 is 0 Å². The summed E-state index contributed by atoms with van der Waals surface area (Å²) < 4.78 is 0. The van der Waals surface area contributed by atoms with Crippen LogP contribution in [0.1, 0.15) is 79.1 Å². The Morgan fingerprint density at radius 2 is 1.92 bits per heavy atom. The van der Waals surface area contributed by atoms with Gasteiger partial charge in [-0.05, 0) is 43.1 Å². The highest BCUT2D eigenvalue weighted by Crippen LogP contribution is 2.39. The molecule has 0 N–H and O–H groups in total. The Morgan fingerprint density at radius 3 is 2.50 bits per heavy atom. The molecule has 0 nitrogen and oxygen atoms in total. The predicted molar refractivity (Wildman–Crippen MR) is 108 cm³/mol. The third-order valence-corrected chi connectivity index (χ3v) is 5.89. The second-order valence-electron chi connectivity index (χ2n) is 8.19. The Kier molecular flexibility index (Phi) is 8.09. The number of unbranched alkanes of at least 4 members (excludes halogenated alkanes) is 3. The first-order valence-electron chi connectivity index (χ1n) is 10.4. The molecule has 0 heterocycles. The van der Waals surface area contributed by atoms with E-state index in [1.807, 2.05) is 0 Å². The van der Waals surface area contributed by atoms with Crippen molar-refractivity contribution >= 4 is 0 Å². The normalized spacial score (nSPS) is 24.9. The molecule has 0 aromatic heterocycles. The summed E-state index contributed by atoms with van der Waals surface area (Å²) in [6, 6.07) is 0. The van der Waals surface area contributed by atoms with E-state index in [-0.39, 0.29) is 0 Å². The average molecular weight is 327 g/mol. The van der Waals surface area contributed by atoms with E-state index in [9.17, 15) is 0 Å². The highest BCUT2D eigenvalue weighted by molar-refractivity contribution is 5.35. The van der Waals surface area contributed by atoms with Crippen LogP contribution in [0.25, 0.3) is 0 Å². The van der Waals surface area contributed by atoms with Gasteiger partial charge in [0, 0.05) is 11.8 Å². The molecule has 24 heavy (non-hydrogen) atoms. The zero-order valence-corrected chi connectivity index (χ0v) is 16.4. The highest BCUT2D eigenvalue weighted by atomic mass is 14.3. The number of hydrogen-bond donors (Lipinski definition) is 0. The predicted octanol–water partition coefficient (Wildman–Crippen LogP) is 7.64. The molecule has 0 radical (unpaired) electrons. The van der Waals surface area contributed by atoms with Crippen molar-refractivity contribution in [1.82, 2.24) is 0 Å². The van der Waals surface area contributed by atoms with E-state index < -0.39 is 0 Å². The summed E-state index contributed by atoms with van der Waals surface area (Å²) in [6.45, 7) is 9.25. The van der Waals surface area contributed by atoms with Crippen molar-refractivity contribution in [2.75, 3.05) is 0 Å². The fourth-order valence-electron chi connectivity index (χ4n) is 3.71. The molecule has 0 aliphatic heterocycles. The van der Waals surface area contributed by atoms with Crippen LogP contribution < -0.4 is 0 Å². The molecule has 0 aromatic carbocycles. The quantitative estimate of drug-likeness (QED) is 0.286. The summed E-state index contributed by atoms with van der Waals surface area (Å²) in [7, 11) is 0. The van der Waals surface area contributed by atoms with E-state index in [0.29, 0.717) is 17.8 Å². The van der Waals surface area contributed by atoms with Crippen molar-refractivity contribution in [3.63, 3.8) is 0 Å². The topological polar surface area (TPSA) is 0 Å². The molecular weight excluding hydrogens is 288 g/mol. The molecule has 0 spiro atoms. The van der Waals surface area contributed by atoms with Gasteiger partial charge < -0.3 is 0 Å². The molecule has 2 aliphatic carbocycles. The first kappa shape index (κ1) is 19.3. The Balaban J connectivity index is 1.63. The number of allylic oxidation sites excluding steroid dienone is 8. The Labute approximate surface area is 150 Å². The lowest BCUT2D eigenvalue weighted by Crippen LogP contribution is -2.18. The van der Waals surface area contributed by atoms with Crippen LogP contribution in [-0.4, -0.2) is 0 Å². The average Bonchev–Trinajstić information content (AvgIpc) is 2.56. The van der Waals surface area contributed by atoms with Gasteiger partial charge in [0.15, 0.2) is 0 Å². The molecule has 0 heteroatoms. The Bertz CT molecular complexity index is 486. The van der Waals surface area contributed by atoms with Crippen LogP contribution in [0, 0.1) is 23.7 Å². The summed E-state index contributed by atoms with van der Waals surface area (Å²) >= 11 is 0. The molecule has 0 fully saturated rings. The van der Waals surface area contributed by atoms with Crippen molar-refractivity contribution in [1.29, 1.82) is 0 Å². The van der Waals surface area contributed by atoms with E-state index in [1.54, 1.807) is 5.57 Å². The summed E-state index contributed by atoms with van der Waals surface area (Å²) in [4.78, 5) is 0. The van der Waals surface area contributed by atoms with E-state index in [2.05, 4.69) is 64.2 Å². The summed E-state index contributed by atoms with van der Waals surface area (Å²) in [5.74, 6) is 2.95. The zero-order chi connectivity index (χ0) is 17.4. The zero-order valence-electron chi connectivity index (χ0n) is 16.4. The molecule has 2 rings (SSSR count). The molecular formula is C24H38. The Hall–Kier alpha value is -1.04. The molecule has 0 amide bonds. The van der Waals surface area contributed by atoms with Crippen molar-refractivity contribution < 1.29 is 0 Å². The lowest BCUT2D eigenvalue weighted by molar-refractivity contribution is 0.479. The summed E-state index contributed by atoms with van der Waals surface area (Å²) in [5.41, 5.74) is 3.17. The Morgan fingerprint density at radius 1 is 1.08 bits per heavy atom. The maximum absolute atomic E-state index is 2.49. The van der Waals surface area contributed by atoms with Gasteiger partial charge in [-0.1, -0.05) is 95.4 Å². The summed E-state index contributed by atoms with van der Waals surface area (Å²) in [5, 5.41) is 0. The molecule has 0 saturated carbocycles. The minimum Gasteiger partial charge on any atom is -0.0879 e. The summed E-state index contributed by atoms with van der Waals surface area (Å²) in [6.07, 6.45) is 25.3. The van der Waals surface area contributed by atoms with Crippen LogP contribution in [0.2, 0.25) is 0 Å². The number of rotatable bonds is 10. The van der Waals surface area contributed by atoms with Crippen LogP contribution in [-0.2, 0) is 0 Å².